The van der Waals surface area contributed by atoms with Gasteiger partial charge in [-0.15, -0.1) is 0 Å². The standard InChI is InChI=1S/C12H17N3O2/c1-3-8(2)10(11(13)16)15-12(17)9-4-6-14-7-5-9/h4-8,10H,3H2,1-2H3,(H2,13,16)(H,15,17)/t8-,10-/m1/s1. The number of hydrogen-bond acceptors (Lipinski definition) is 3. The maximum absolute atomic E-state index is 11.8. The van der Waals surface area contributed by atoms with E-state index >= 15 is 0 Å². The van der Waals surface area contributed by atoms with Gasteiger partial charge >= 0.3 is 0 Å². The number of aromatic nitrogens is 1. The van der Waals surface area contributed by atoms with Gasteiger partial charge in [0.25, 0.3) is 5.91 Å². The molecule has 92 valence electrons. The van der Waals surface area contributed by atoms with Gasteiger partial charge in [0.05, 0.1) is 0 Å². The highest BCUT2D eigenvalue weighted by molar-refractivity contribution is 5.97. The summed E-state index contributed by atoms with van der Waals surface area (Å²) in [7, 11) is 0. The molecule has 0 aliphatic carbocycles. The van der Waals surface area contributed by atoms with Gasteiger partial charge in [-0.05, 0) is 18.1 Å². The maximum Gasteiger partial charge on any atom is 0.252 e. The van der Waals surface area contributed by atoms with Crippen LogP contribution < -0.4 is 11.1 Å². The lowest BCUT2D eigenvalue weighted by atomic mass is 9.98. The molecule has 1 aromatic heterocycles. The third-order valence-corrected chi connectivity index (χ3v) is 2.75. The molecule has 3 N–H and O–H groups in total. The highest BCUT2D eigenvalue weighted by Gasteiger charge is 2.23. The Morgan fingerprint density at radius 1 is 1.41 bits per heavy atom. The van der Waals surface area contributed by atoms with E-state index in [0.29, 0.717) is 5.56 Å². The number of nitrogens with one attached hydrogen (secondary N) is 1. The van der Waals surface area contributed by atoms with Crippen LogP contribution >= 0.6 is 0 Å². The second-order valence-corrected chi connectivity index (χ2v) is 3.97. The van der Waals surface area contributed by atoms with Crippen LogP contribution in [0, 0.1) is 5.92 Å². The molecular formula is C12H17N3O2. The van der Waals surface area contributed by atoms with Crippen molar-refractivity contribution in [2.45, 2.75) is 26.3 Å². The molecule has 0 spiro atoms. The van der Waals surface area contributed by atoms with Crippen molar-refractivity contribution in [2.24, 2.45) is 11.7 Å². The van der Waals surface area contributed by atoms with Gasteiger partial charge in [-0.1, -0.05) is 20.3 Å². The fraction of sp³-hybridized carbons (Fsp3) is 0.417. The first kappa shape index (κ1) is 13.2. The molecule has 0 fully saturated rings. The minimum absolute atomic E-state index is 0.0123. The molecule has 0 bridgehead atoms. The van der Waals surface area contributed by atoms with Crippen LogP contribution in [-0.2, 0) is 4.79 Å². The van der Waals surface area contributed by atoms with Gasteiger partial charge in [0.15, 0.2) is 0 Å². The van der Waals surface area contributed by atoms with Crippen molar-refractivity contribution in [1.29, 1.82) is 0 Å². The van der Waals surface area contributed by atoms with E-state index in [4.69, 9.17) is 5.73 Å². The van der Waals surface area contributed by atoms with Crippen molar-refractivity contribution in [2.75, 3.05) is 0 Å². The monoisotopic (exact) mass is 235 g/mol. The number of primary amides is 1. The Balaban J connectivity index is 2.75. The Morgan fingerprint density at radius 2 is 2.00 bits per heavy atom. The van der Waals surface area contributed by atoms with Crippen molar-refractivity contribution in [1.82, 2.24) is 10.3 Å². The lowest BCUT2D eigenvalue weighted by Crippen LogP contribution is -2.48. The summed E-state index contributed by atoms with van der Waals surface area (Å²) in [5, 5.41) is 2.64. The van der Waals surface area contributed by atoms with E-state index in [2.05, 4.69) is 10.3 Å². The largest absolute Gasteiger partial charge is 0.368 e. The van der Waals surface area contributed by atoms with Crippen LogP contribution in [-0.4, -0.2) is 22.8 Å². The van der Waals surface area contributed by atoms with Crippen molar-refractivity contribution in [3.63, 3.8) is 0 Å². The molecule has 0 aromatic carbocycles. The van der Waals surface area contributed by atoms with Gasteiger partial charge in [0, 0.05) is 18.0 Å². The number of hydrogen-bond donors (Lipinski definition) is 2. The Hall–Kier alpha value is -1.91. The molecule has 0 aliphatic heterocycles. The lowest BCUT2D eigenvalue weighted by Gasteiger charge is -2.21. The van der Waals surface area contributed by atoms with Gasteiger partial charge in [-0.3, -0.25) is 14.6 Å². The molecule has 0 unspecified atom stereocenters. The molecule has 17 heavy (non-hydrogen) atoms. The van der Waals surface area contributed by atoms with Gasteiger partial charge in [-0.25, -0.2) is 0 Å². The van der Waals surface area contributed by atoms with Crippen LogP contribution in [0.15, 0.2) is 24.5 Å². The summed E-state index contributed by atoms with van der Waals surface area (Å²) in [6, 6.07) is 2.54. The fourth-order valence-electron chi connectivity index (χ4n) is 1.46. The molecule has 0 radical (unpaired) electrons. The third-order valence-electron chi connectivity index (χ3n) is 2.75. The molecule has 0 saturated carbocycles. The van der Waals surface area contributed by atoms with E-state index in [1.807, 2.05) is 13.8 Å². The summed E-state index contributed by atoms with van der Waals surface area (Å²) in [4.78, 5) is 26.9. The number of carbonyl (C=O) groups excluding carboxylic acids is 2. The molecule has 2 atom stereocenters. The Bertz CT molecular complexity index is 392. The average molecular weight is 235 g/mol. The van der Waals surface area contributed by atoms with Crippen molar-refractivity contribution in [3.05, 3.63) is 30.1 Å². The minimum Gasteiger partial charge on any atom is -0.368 e. The molecule has 2 amide bonds. The molecule has 5 heteroatoms. The van der Waals surface area contributed by atoms with E-state index < -0.39 is 11.9 Å². The molecule has 1 rings (SSSR count). The molecular weight excluding hydrogens is 218 g/mol. The van der Waals surface area contributed by atoms with Gasteiger partial charge in [0.2, 0.25) is 5.91 Å². The van der Waals surface area contributed by atoms with E-state index in [0.717, 1.165) is 6.42 Å². The number of amides is 2. The Morgan fingerprint density at radius 3 is 2.47 bits per heavy atom. The predicted molar refractivity (Wildman–Crippen MR) is 64.1 cm³/mol. The smallest absolute Gasteiger partial charge is 0.252 e. The number of pyridine rings is 1. The van der Waals surface area contributed by atoms with Crippen LogP contribution in [0.2, 0.25) is 0 Å². The molecule has 1 heterocycles. The zero-order chi connectivity index (χ0) is 12.8. The van der Waals surface area contributed by atoms with Crippen molar-refractivity contribution >= 4 is 11.8 Å². The summed E-state index contributed by atoms with van der Waals surface area (Å²) in [6.45, 7) is 3.82. The van der Waals surface area contributed by atoms with E-state index in [-0.39, 0.29) is 11.8 Å². The summed E-state index contributed by atoms with van der Waals surface area (Å²) in [5.41, 5.74) is 5.74. The predicted octanol–water partition coefficient (Wildman–Crippen LogP) is 0.711. The zero-order valence-corrected chi connectivity index (χ0v) is 10.0. The third kappa shape index (κ3) is 3.55. The molecule has 5 nitrogen and oxygen atoms in total. The average Bonchev–Trinajstić information content (AvgIpc) is 2.35. The molecule has 0 saturated heterocycles. The lowest BCUT2D eigenvalue weighted by molar-refractivity contribution is -0.120. The topological polar surface area (TPSA) is 85.1 Å². The summed E-state index contributed by atoms with van der Waals surface area (Å²) < 4.78 is 0. The fourth-order valence-corrected chi connectivity index (χ4v) is 1.46. The highest BCUT2D eigenvalue weighted by atomic mass is 16.2. The first-order valence-corrected chi connectivity index (χ1v) is 5.56. The number of rotatable bonds is 5. The summed E-state index contributed by atoms with van der Waals surface area (Å²) >= 11 is 0. The quantitative estimate of drug-likeness (QED) is 0.788. The normalized spacial score (nSPS) is 13.8. The second-order valence-electron chi connectivity index (χ2n) is 3.97. The van der Waals surface area contributed by atoms with E-state index in [9.17, 15) is 9.59 Å². The van der Waals surface area contributed by atoms with Crippen LogP contribution in [0.5, 0.6) is 0 Å². The van der Waals surface area contributed by atoms with Crippen LogP contribution in [0.4, 0.5) is 0 Å². The van der Waals surface area contributed by atoms with Gasteiger partial charge in [0.1, 0.15) is 6.04 Å². The summed E-state index contributed by atoms with van der Waals surface area (Å²) in [6.07, 6.45) is 3.82. The summed E-state index contributed by atoms with van der Waals surface area (Å²) in [5.74, 6) is -0.809. The first-order valence-electron chi connectivity index (χ1n) is 5.56. The van der Waals surface area contributed by atoms with E-state index in [1.54, 1.807) is 12.1 Å². The van der Waals surface area contributed by atoms with Crippen molar-refractivity contribution < 1.29 is 9.59 Å². The van der Waals surface area contributed by atoms with Crippen LogP contribution in [0.3, 0.4) is 0 Å². The minimum atomic E-state index is -0.638. The van der Waals surface area contributed by atoms with Gasteiger partial charge < -0.3 is 11.1 Å². The van der Waals surface area contributed by atoms with E-state index in [1.165, 1.54) is 12.4 Å². The van der Waals surface area contributed by atoms with Crippen LogP contribution in [0.25, 0.3) is 0 Å². The van der Waals surface area contributed by atoms with Gasteiger partial charge in [-0.2, -0.15) is 0 Å². The highest BCUT2D eigenvalue weighted by Crippen LogP contribution is 2.08. The first-order chi connectivity index (χ1) is 8.06. The number of nitrogens with two attached hydrogens (primary N) is 1. The SMILES string of the molecule is CC[C@@H](C)[C@@H](NC(=O)c1ccncc1)C(N)=O. The second kappa shape index (κ2) is 5.98. The van der Waals surface area contributed by atoms with Crippen LogP contribution in [0.1, 0.15) is 30.6 Å². The Labute approximate surface area is 100 Å². The van der Waals surface area contributed by atoms with Crippen molar-refractivity contribution in [3.8, 4) is 0 Å². The zero-order valence-electron chi connectivity index (χ0n) is 10.0. The molecule has 1 aromatic rings. The molecule has 0 aliphatic rings. The Kier molecular flexibility index (Phi) is 4.63. The number of nitrogens with zero attached hydrogens (tertiary/aromatic N) is 1. The number of carbonyl (C=O) groups is 2. The maximum atomic E-state index is 11.8.